The monoisotopic (exact) mass is 323 g/mol. The summed E-state index contributed by atoms with van der Waals surface area (Å²) in [6.45, 7) is 12.7. The summed E-state index contributed by atoms with van der Waals surface area (Å²) in [5.41, 5.74) is 6.89. The summed E-state index contributed by atoms with van der Waals surface area (Å²) in [5.74, 6) is 0. The van der Waals surface area contributed by atoms with Crippen molar-refractivity contribution in [1.82, 2.24) is 0 Å². The molecule has 0 unspecified atom stereocenters. The van der Waals surface area contributed by atoms with Crippen molar-refractivity contribution in [3.8, 4) is 11.1 Å². The molecule has 2 aromatic rings. The van der Waals surface area contributed by atoms with Gasteiger partial charge < -0.3 is 0 Å². The van der Waals surface area contributed by atoms with Gasteiger partial charge in [0.05, 0.1) is 4.92 Å². The van der Waals surface area contributed by atoms with Gasteiger partial charge in [-0.05, 0) is 51.1 Å². The summed E-state index contributed by atoms with van der Waals surface area (Å²) in [6.07, 6.45) is 0.778. The highest BCUT2D eigenvalue weighted by atomic mass is 16.6. The number of hydrogen-bond acceptors (Lipinski definition) is 2. The van der Waals surface area contributed by atoms with Crippen molar-refractivity contribution in [3.63, 3.8) is 0 Å². The van der Waals surface area contributed by atoms with Crippen LogP contribution in [-0.2, 0) is 17.3 Å². The molecule has 0 fully saturated rings. The zero-order valence-corrected chi connectivity index (χ0v) is 15.4. The van der Waals surface area contributed by atoms with Crippen molar-refractivity contribution < 1.29 is 4.92 Å². The molecule has 0 aliphatic heterocycles. The van der Waals surface area contributed by atoms with Gasteiger partial charge in [-0.2, -0.15) is 0 Å². The van der Waals surface area contributed by atoms with Crippen LogP contribution in [-0.4, -0.2) is 4.92 Å². The van der Waals surface area contributed by atoms with Gasteiger partial charge in [-0.1, -0.05) is 59.7 Å². The third-order valence-corrected chi connectivity index (χ3v) is 4.87. The predicted molar refractivity (Wildman–Crippen MR) is 98.7 cm³/mol. The Kier molecular flexibility index (Phi) is 3.59. The fraction of sp³-hybridized carbons (Fsp3) is 0.429. The molecule has 24 heavy (non-hydrogen) atoms. The molecule has 0 N–H and O–H groups in total. The summed E-state index contributed by atoms with van der Waals surface area (Å²) in [7, 11) is 0. The number of nitro benzene ring substituents is 1. The van der Waals surface area contributed by atoms with Gasteiger partial charge in [-0.15, -0.1) is 0 Å². The fourth-order valence-electron chi connectivity index (χ4n) is 3.43. The molecule has 0 amide bonds. The van der Waals surface area contributed by atoms with Crippen molar-refractivity contribution in [2.45, 2.75) is 58.8 Å². The Hall–Kier alpha value is -2.16. The Morgan fingerprint density at radius 1 is 0.875 bits per heavy atom. The van der Waals surface area contributed by atoms with Gasteiger partial charge in [0.25, 0.3) is 5.69 Å². The van der Waals surface area contributed by atoms with Crippen molar-refractivity contribution in [3.05, 3.63) is 62.7 Å². The molecule has 0 spiro atoms. The zero-order valence-electron chi connectivity index (χ0n) is 15.4. The molecule has 1 aliphatic carbocycles. The molecular weight excluding hydrogens is 298 g/mol. The topological polar surface area (TPSA) is 43.1 Å². The Morgan fingerprint density at radius 2 is 1.50 bits per heavy atom. The van der Waals surface area contributed by atoms with Crippen LogP contribution in [0.2, 0.25) is 0 Å². The highest BCUT2D eigenvalue weighted by molar-refractivity contribution is 5.80. The lowest BCUT2D eigenvalue weighted by molar-refractivity contribution is -0.386. The molecule has 0 heterocycles. The number of nitrogens with zero attached hydrogens (tertiary/aromatic N) is 1. The Morgan fingerprint density at radius 3 is 2.04 bits per heavy atom. The SMILES string of the molecule is CC(C)(C)c1ccc2c(c1)-c1cc(C(C)(C)C)c([N+](=O)[O-])cc1C2. The summed E-state index contributed by atoms with van der Waals surface area (Å²) in [5, 5.41) is 11.5. The molecule has 0 saturated carbocycles. The third-order valence-electron chi connectivity index (χ3n) is 4.87. The molecule has 0 atom stereocenters. The number of fused-ring (bicyclic) bond motifs is 3. The molecule has 2 aromatic carbocycles. The lowest BCUT2D eigenvalue weighted by Gasteiger charge is -2.21. The highest BCUT2D eigenvalue weighted by Crippen LogP contribution is 2.44. The molecule has 1 aliphatic rings. The van der Waals surface area contributed by atoms with Crippen molar-refractivity contribution in [1.29, 1.82) is 0 Å². The second-order valence-electron chi connectivity index (χ2n) is 8.83. The fourth-order valence-corrected chi connectivity index (χ4v) is 3.43. The minimum absolute atomic E-state index is 0.0887. The number of hydrogen-bond donors (Lipinski definition) is 0. The van der Waals surface area contributed by atoms with Gasteiger partial charge in [0.2, 0.25) is 0 Å². The van der Waals surface area contributed by atoms with Crippen LogP contribution in [0.5, 0.6) is 0 Å². The number of rotatable bonds is 1. The molecule has 0 bridgehead atoms. The minimum Gasteiger partial charge on any atom is -0.258 e. The predicted octanol–water partition coefficient (Wildman–Crippen LogP) is 5.76. The Labute approximate surface area is 143 Å². The van der Waals surface area contributed by atoms with Crippen molar-refractivity contribution in [2.24, 2.45) is 0 Å². The van der Waals surface area contributed by atoms with Crippen LogP contribution < -0.4 is 0 Å². The maximum absolute atomic E-state index is 11.5. The van der Waals surface area contributed by atoms with Gasteiger partial charge in [-0.25, -0.2) is 0 Å². The average Bonchev–Trinajstić information content (AvgIpc) is 2.80. The largest absolute Gasteiger partial charge is 0.273 e. The van der Waals surface area contributed by atoms with Crippen LogP contribution >= 0.6 is 0 Å². The molecule has 0 saturated heterocycles. The van der Waals surface area contributed by atoms with E-state index >= 15 is 0 Å². The highest BCUT2D eigenvalue weighted by Gasteiger charge is 2.30. The van der Waals surface area contributed by atoms with E-state index in [0.29, 0.717) is 0 Å². The summed E-state index contributed by atoms with van der Waals surface area (Å²) in [4.78, 5) is 11.3. The number of benzene rings is 2. The minimum atomic E-state index is -0.262. The second-order valence-corrected chi connectivity index (χ2v) is 8.83. The molecule has 3 nitrogen and oxygen atoms in total. The van der Waals surface area contributed by atoms with Crippen LogP contribution in [0.25, 0.3) is 11.1 Å². The van der Waals surface area contributed by atoms with E-state index in [1.54, 1.807) is 6.07 Å². The van der Waals surface area contributed by atoms with Gasteiger partial charge in [0.15, 0.2) is 0 Å². The van der Waals surface area contributed by atoms with E-state index in [9.17, 15) is 10.1 Å². The Balaban J connectivity index is 2.24. The van der Waals surface area contributed by atoms with E-state index in [1.165, 1.54) is 16.7 Å². The van der Waals surface area contributed by atoms with Gasteiger partial charge in [-0.3, -0.25) is 10.1 Å². The zero-order chi connectivity index (χ0) is 17.9. The Bertz CT molecular complexity index is 836. The summed E-state index contributed by atoms with van der Waals surface area (Å²) < 4.78 is 0. The van der Waals surface area contributed by atoms with Crippen molar-refractivity contribution >= 4 is 5.69 Å². The van der Waals surface area contributed by atoms with Gasteiger partial charge in [0.1, 0.15) is 0 Å². The second kappa shape index (κ2) is 5.17. The van der Waals surface area contributed by atoms with Crippen molar-refractivity contribution in [2.75, 3.05) is 0 Å². The first-order valence-electron chi connectivity index (χ1n) is 8.44. The van der Waals surface area contributed by atoms with Crippen LogP contribution in [0, 0.1) is 10.1 Å². The van der Waals surface area contributed by atoms with E-state index in [2.05, 4.69) is 39.0 Å². The first-order chi connectivity index (χ1) is 11.0. The smallest absolute Gasteiger partial charge is 0.258 e. The van der Waals surface area contributed by atoms with E-state index in [0.717, 1.165) is 23.1 Å². The van der Waals surface area contributed by atoms with Crippen LogP contribution in [0.15, 0.2) is 30.3 Å². The molecular formula is C21H25NO2. The molecule has 0 radical (unpaired) electrons. The molecule has 3 heteroatoms. The van der Waals surface area contributed by atoms with E-state index in [-0.39, 0.29) is 21.4 Å². The van der Waals surface area contributed by atoms with Crippen LogP contribution in [0.3, 0.4) is 0 Å². The van der Waals surface area contributed by atoms with E-state index in [1.807, 2.05) is 26.8 Å². The lowest BCUT2D eigenvalue weighted by atomic mass is 9.82. The average molecular weight is 323 g/mol. The van der Waals surface area contributed by atoms with E-state index < -0.39 is 0 Å². The first-order valence-corrected chi connectivity index (χ1v) is 8.44. The lowest BCUT2D eigenvalue weighted by Crippen LogP contribution is -2.14. The quantitative estimate of drug-likeness (QED) is 0.422. The molecule has 0 aromatic heterocycles. The van der Waals surface area contributed by atoms with E-state index in [4.69, 9.17) is 0 Å². The summed E-state index contributed by atoms with van der Waals surface area (Å²) >= 11 is 0. The standard InChI is InChI=1S/C21H25NO2/c1-20(2,3)15-8-7-13-9-14-10-19(22(23)24)18(21(4,5)6)12-17(14)16(13)11-15/h7-8,10-12H,9H2,1-6H3. The first kappa shape index (κ1) is 16.7. The summed E-state index contributed by atoms with van der Waals surface area (Å²) in [6, 6.07) is 10.5. The number of nitro groups is 1. The maximum atomic E-state index is 11.5. The van der Waals surface area contributed by atoms with Crippen LogP contribution in [0.4, 0.5) is 5.69 Å². The normalized spacial score (nSPS) is 13.6. The van der Waals surface area contributed by atoms with Gasteiger partial charge in [0, 0.05) is 11.6 Å². The maximum Gasteiger partial charge on any atom is 0.273 e. The third kappa shape index (κ3) is 2.72. The molecule has 3 rings (SSSR count). The van der Waals surface area contributed by atoms with Crippen LogP contribution in [0.1, 0.15) is 63.8 Å². The molecule has 126 valence electrons. The van der Waals surface area contributed by atoms with Gasteiger partial charge >= 0.3 is 0 Å².